The normalized spacial score (nSPS) is 10.7. The Kier molecular flexibility index (Phi) is 5.72. The van der Waals surface area contributed by atoms with Gasteiger partial charge >= 0.3 is 0 Å². The lowest BCUT2D eigenvalue weighted by atomic mass is 10.0. The van der Waals surface area contributed by atoms with E-state index in [4.69, 9.17) is 15.7 Å². The van der Waals surface area contributed by atoms with Gasteiger partial charge in [0.1, 0.15) is 11.4 Å². The van der Waals surface area contributed by atoms with E-state index in [-0.39, 0.29) is 5.69 Å². The molecule has 0 spiro atoms. The van der Waals surface area contributed by atoms with Gasteiger partial charge < -0.3 is 20.8 Å². The molecule has 0 unspecified atom stereocenters. The molecule has 1 amide bonds. The molecule has 0 saturated carbocycles. The van der Waals surface area contributed by atoms with Crippen LogP contribution in [-0.4, -0.2) is 30.8 Å². The molecule has 0 atom stereocenters. The summed E-state index contributed by atoms with van der Waals surface area (Å²) in [6.07, 6.45) is 3.15. The number of fused-ring (bicyclic) bond motifs is 1. The highest BCUT2D eigenvalue weighted by Crippen LogP contribution is 2.35. The number of hydrogen-bond acceptors (Lipinski definition) is 8. The van der Waals surface area contributed by atoms with Crippen molar-refractivity contribution in [2.24, 2.45) is 5.73 Å². The zero-order chi connectivity index (χ0) is 25.2. The predicted molar refractivity (Wildman–Crippen MR) is 134 cm³/mol. The van der Waals surface area contributed by atoms with Crippen molar-refractivity contribution < 1.29 is 9.53 Å². The summed E-state index contributed by atoms with van der Waals surface area (Å²) in [6.45, 7) is 3.88. The molecule has 3 aromatic heterocycles. The van der Waals surface area contributed by atoms with Crippen molar-refractivity contribution in [3.63, 3.8) is 0 Å². The number of ether oxygens (including phenoxy) is 1. The molecule has 0 fully saturated rings. The number of aryl methyl sites for hydroxylation is 2. The maximum atomic E-state index is 11.3. The third-order valence-electron chi connectivity index (χ3n) is 5.53. The summed E-state index contributed by atoms with van der Waals surface area (Å²) < 4.78 is 6.27. The van der Waals surface area contributed by atoms with Gasteiger partial charge in [0.15, 0.2) is 11.2 Å². The number of carbonyl (C=O) groups is 1. The van der Waals surface area contributed by atoms with E-state index in [0.29, 0.717) is 34.3 Å². The van der Waals surface area contributed by atoms with Crippen molar-refractivity contribution in [1.29, 1.82) is 5.26 Å². The highest BCUT2D eigenvalue weighted by Gasteiger charge is 2.16. The van der Waals surface area contributed by atoms with Crippen LogP contribution in [0.3, 0.4) is 0 Å². The van der Waals surface area contributed by atoms with Crippen molar-refractivity contribution in [2.75, 3.05) is 5.32 Å². The van der Waals surface area contributed by atoms with Gasteiger partial charge in [-0.2, -0.15) is 15.2 Å². The lowest BCUT2D eigenvalue weighted by molar-refractivity contribution is 0.0995. The SMILES string of the molecule is Cc1cc(-c2ccc(C(N)=O)nc2)cc(C)c1Oc1nc(Nc2ccc(C#N)cc2)nc2[nH]cnc12. The van der Waals surface area contributed by atoms with Gasteiger partial charge in [0.05, 0.1) is 18.0 Å². The zero-order valence-corrected chi connectivity index (χ0v) is 19.4. The van der Waals surface area contributed by atoms with Gasteiger partial charge in [0.2, 0.25) is 5.95 Å². The van der Waals surface area contributed by atoms with E-state index >= 15 is 0 Å². The average molecular weight is 477 g/mol. The number of nitriles is 1. The van der Waals surface area contributed by atoms with E-state index in [2.05, 4.69) is 36.3 Å². The summed E-state index contributed by atoms with van der Waals surface area (Å²) in [4.78, 5) is 31.8. The highest BCUT2D eigenvalue weighted by atomic mass is 16.5. The number of aromatic nitrogens is 5. The Balaban J connectivity index is 1.47. The number of primary amides is 1. The number of benzene rings is 2. The van der Waals surface area contributed by atoms with Crippen LogP contribution in [-0.2, 0) is 0 Å². The minimum absolute atomic E-state index is 0.212. The van der Waals surface area contributed by atoms with Crippen LogP contribution in [0.4, 0.5) is 11.6 Å². The first-order valence-electron chi connectivity index (χ1n) is 10.9. The van der Waals surface area contributed by atoms with Gasteiger partial charge in [-0.3, -0.25) is 9.78 Å². The second-order valence-corrected chi connectivity index (χ2v) is 8.10. The molecule has 0 saturated heterocycles. The van der Waals surface area contributed by atoms with Crippen LogP contribution in [0.2, 0.25) is 0 Å². The van der Waals surface area contributed by atoms with Crippen LogP contribution in [0.5, 0.6) is 11.6 Å². The quantitative estimate of drug-likeness (QED) is 0.322. The number of nitrogens with two attached hydrogens (primary N) is 1. The number of imidazole rings is 1. The summed E-state index contributed by atoms with van der Waals surface area (Å²) in [7, 11) is 0. The Morgan fingerprint density at radius 1 is 1.03 bits per heavy atom. The van der Waals surface area contributed by atoms with E-state index in [1.807, 2.05) is 26.0 Å². The summed E-state index contributed by atoms with van der Waals surface area (Å²) in [6, 6.07) is 16.4. The van der Waals surface area contributed by atoms with E-state index in [1.165, 1.54) is 6.33 Å². The van der Waals surface area contributed by atoms with Crippen LogP contribution < -0.4 is 15.8 Å². The second kappa shape index (κ2) is 9.15. The first-order chi connectivity index (χ1) is 17.4. The van der Waals surface area contributed by atoms with Gasteiger partial charge in [-0.15, -0.1) is 0 Å². The smallest absolute Gasteiger partial charge is 0.267 e. The molecule has 5 aromatic rings. The molecule has 0 radical (unpaired) electrons. The summed E-state index contributed by atoms with van der Waals surface area (Å²) >= 11 is 0. The fourth-order valence-electron chi connectivity index (χ4n) is 3.78. The van der Waals surface area contributed by atoms with Crippen molar-refractivity contribution in [1.82, 2.24) is 24.9 Å². The van der Waals surface area contributed by atoms with Crippen LogP contribution >= 0.6 is 0 Å². The topological polar surface area (TPSA) is 155 Å². The molecule has 10 heteroatoms. The number of pyridine rings is 1. The maximum absolute atomic E-state index is 11.3. The van der Waals surface area contributed by atoms with E-state index in [9.17, 15) is 4.79 Å². The van der Waals surface area contributed by atoms with E-state index in [0.717, 1.165) is 27.9 Å². The standard InChI is InChI=1S/C26H20N8O2/c1-14-9-18(17-5-8-20(23(28)35)29-12-17)10-15(2)22(14)36-25-21-24(31-13-30-21)33-26(34-25)32-19-6-3-16(11-27)4-7-19/h3-10,12-13H,1-2H3,(H2,28,35)(H2,30,31,32,33,34). The number of anilines is 2. The third kappa shape index (κ3) is 4.41. The van der Waals surface area contributed by atoms with Crippen molar-refractivity contribution >= 4 is 28.7 Å². The Morgan fingerprint density at radius 3 is 2.42 bits per heavy atom. The number of nitrogens with zero attached hydrogens (tertiary/aromatic N) is 5. The minimum atomic E-state index is -0.569. The minimum Gasteiger partial charge on any atom is -0.436 e. The molecule has 2 aromatic carbocycles. The van der Waals surface area contributed by atoms with Gasteiger partial charge in [0.25, 0.3) is 11.8 Å². The molecule has 3 heterocycles. The molecule has 0 aliphatic carbocycles. The Bertz CT molecular complexity index is 1610. The number of H-pyrrole nitrogens is 1. The molecule has 0 bridgehead atoms. The lowest BCUT2D eigenvalue weighted by Gasteiger charge is -2.14. The van der Waals surface area contributed by atoms with E-state index in [1.54, 1.807) is 42.6 Å². The van der Waals surface area contributed by atoms with Crippen molar-refractivity contribution in [3.05, 3.63) is 83.4 Å². The fourth-order valence-corrected chi connectivity index (χ4v) is 3.78. The first kappa shape index (κ1) is 22.5. The van der Waals surface area contributed by atoms with Crippen LogP contribution in [0.15, 0.2) is 61.1 Å². The molecule has 176 valence electrons. The average Bonchev–Trinajstić information content (AvgIpc) is 3.35. The molecular formula is C26H20N8O2. The highest BCUT2D eigenvalue weighted by molar-refractivity contribution is 5.91. The monoisotopic (exact) mass is 476 g/mol. The summed E-state index contributed by atoms with van der Waals surface area (Å²) in [5.41, 5.74) is 11.3. The van der Waals surface area contributed by atoms with Crippen molar-refractivity contribution in [3.8, 4) is 28.8 Å². The van der Waals surface area contributed by atoms with Gasteiger partial charge in [0, 0.05) is 17.4 Å². The van der Waals surface area contributed by atoms with Crippen LogP contribution in [0, 0.1) is 25.2 Å². The summed E-state index contributed by atoms with van der Waals surface area (Å²) in [5.74, 6) is 0.691. The Hall–Kier alpha value is -5.30. The van der Waals surface area contributed by atoms with E-state index < -0.39 is 5.91 Å². The van der Waals surface area contributed by atoms with Gasteiger partial charge in [-0.1, -0.05) is 6.07 Å². The number of nitrogens with one attached hydrogen (secondary N) is 2. The number of hydrogen-bond donors (Lipinski definition) is 3. The summed E-state index contributed by atoms with van der Waals surface area (Å²) in [5, 5.41) is 12.1. The van der Waals surface area contributed by atoms with Gasteiger partial charge in [-0.05, 0) is 73.0 Å². The lowest BCUT2D eigenvalue weighted by Crippen LogP contribution is -2.12. The third-order valence-corrected chi connectivity index (χ3v) is 5.53. The molecule has 36 heavy (non-hydrogen) atoms. The number of aromatic amines is 1. The van der Waals surface area contributed by atoms with Gasteiger partial charge in [-0.25, -0.2) is 4.98 Å². The number of carbonyl (C=O) groups excluding carboxylic acids is 1. The number of amides is 1. The maximum Gasteiger partial charge on any atom is 0.267 e. The second-order valence-electron chi connectivity index (χ2n) is 8.10. The molecule has 0 aliphatic rings. The molecule has 10 nitrogen and oxygen atoms in total. The molecule has 5 rings (SSSR count). The van der Waals surface area contributed by atoms with Crippen LogP contribution in [0.25, 0.3) is 22.3 Å². The molecule has 4 N–H and O–H groups in total. The Labute approximate surface area is 205 Å². The van der Waals surface area contributed by atoms with Crippen LogP contribution in [0.1, 0.15) is 27.2 Å². The Morgan fingerprint density at radius 2 is 1.78 bits per heavy atom. The predicted octanol–water partition coefficient (Wildman–Crippen LogP) is 4.54. The fraction of sp³-hybridized carbons (Fsp3) is 0.0769. The number of rotatable bonds is 6. The molecule has 0 aliphatic heterocycles. The molecular weight excluding hydrogens is 456 g/mol. The van der Waals surface area contributed by atoms with Crippen molar-refractivity contribution in [2.45, 2.75) is 13.8 Å². The zero-order valence-electron chi connectivity index (χ0n) is 19.4. The first-order valence-corrected chi connectivity index (χ1v) is 10.9. The largest absolute Gasteiger partial charge is 0.436 e.